The number of hydrogen-bond donors (Lipinski definition) is 3. The van der Waals surface area contributed by atoms with Crippen molar-refractivity contribution in [3.8, 4) is 22.5 Å². The van der Waals surface area contributed by atoms with Gasteiger partial charge in [0.2, 0.25) is 11.8 Å². The Morgan fingerprint density at radius 3 is 2.32 bits per heavy atom. The highest BCUT2D eigenvalue weighted by molar-refractivity contribution is 7.81. The van der Waals surface area contributed by atoms with Gasteiger partial charge >= 0.3 is 0 Å². The molecule has 37 heavy (non-hydrogen) atoms. The maximum absolute atomic E-state index is 12.6. The maximum atomic E-state index is 12.6. The van der Waals surface area contributed by atoms with Gasteiger partial charge in [-0.1, -0.05) is 85.8 Å². The fourth-order valence-corrected chi connectivity index (χ4v) is 4.40. The second-order valence-electron chi connectivity index (χ2n) is 8.66. The predicted octanol–water partition coefficient (Wildman–Crippen LogP) is 3.93. The monoisotopic (exact) mass is 514 g/mol. The van der Waals surface area contributed by atoms with Crippen LogP contribution in [-0.2, 0) is 22.6 Å². The van der Waals surface area contributed by atoms with Crippen LogP contribution in [0.1, 0.15) is 24.5 Å². The lowest BCUT2D eigenvalue weighted by molar-refractivity contribution is -0.132. The average molecular weight is 515 g/mol. The summed E-state index contributed by atoms with van der Waals surface area (Å²) in [6.45, 7) is 3.10. The van der Waals surface area contributed by atoms with Crippen LogP contribution < -0.4 is 5.32 Å². The van der Waals surface area contributed by atoms with E-state index in [1.807, 2.05) is 85.8 Å². The molecule has 1 aromatic heterocycles. The molecule has 0 bridgehead atoms. The minimum Gasteiger partial charge on any atom is -0.353 e. The Kier molecular flexibility index (Phi) is 9.04. The Morgan fingerprint density at radius 1 is 0.946 bits per heavy atom. The molecule has 8 nitrogen and oxygen atoms in total. The quantitative estimate of drug-likeness (QED) is 0.263. The van der Waals surface area contributed by atoms with Crippen molar-refractivity contribution in [1.29, 1.82) is 0 Å². The zero-order valence-corrected chi connectivity index (χ0v) is 21.6. The van der Waals surface area contributed by atoms with E-state index < -0.39 is 5.25 Å². The number of hydrogen-bond acceptors (Lipinski definition) is 6. The molecule has 190 valence electrons. The van der Waals surface area contributed by atoms with Crippen molar-refractivity contribution in [2.24, 2.45) is 0 Å². The Labute approximate surface area is 221 Å². The van der Waals surface area contributed by atoms with Crippen molar-refractivity contribution in [3.05, 3.63) is 90.0 Å². The van der Waals surface area contributed by atoms with Crippen LogP contribution in [-0.4, -0.2) is 55.7 Å². The van der Waals surface area contributed by atoms with Gasteiger partial charge in [-0.2, -0.15) is 12.6 Å². The summed E-state index contributed by atoms with van der Waals surface area (Å²) in [6, 6.07) is 25.8. The van der Waals surface area contributed by atoms with Crippen LogP contribution in [0.25, 0.3) is 22.5 Å². The Morgan fingerprint density at radius 2 is 1.65 bits per heavy atom. The molecule has 2 N–H and O–H groups in total. The molecular weight excluding hydrogens is 484 g/mol. The van der Waals surface area contributed by atoms with Gasteiger partial charge < -0.3 is 10.2 Å². The zero-order valence-electron chi connectivity index (χ0n) is 20.7. The number of rotatable bonds is 11. The number of benzene rings is 3. The van der Waals surface area contributed by atoms with E-state index in [1.54, 1.807) is 4.90 Å². The first kappa shape index (κ1) is 26.1. The summed E-state index contributed by atoms with van der Waals surface area (Å²) in [4.78, 5) is 26.9. The average Bonchev–Trinajstić information content (AvgIpc) is 3.48. The minimum atomic E-state index is -0.444. The van der Waals surface area contributed by atoms with E-state index in [0.29, 0.717) is 38.3 Å². The molecule has 0 aliphatic heterocycles. The largest absolute Gasteiger partial charge is 0.353 e. The van der Waals surface area contributed by atoms with Crippen molar-refractivity contribution in [3.63, 3.8) is 0 Å². The van der Waals surface area contributed by atoms with E-state index in [1.165, 1.54) is 0 Å². The first-order chi connectivity index (χ1) is 18.0. The fourth-order valence-electron chi connectivity index (χ4n) is 4.10. The molecule has 4 aromatic rings. The number of carbonyl (C=O) groups excluding carboxylic acids is 2. The number of H-pyrrole nitrogens is 1. The number of nitrogens with zero attached hydrogens (tertiary/aromatic N) is 4. The van der Waals surface area contributed by atoms with Gasteiger partial charge in [0.05, 0.1) is 5.25 Å². The second-order valence-corrected chi connectivity index (χ2v) is 9.28. The lowest BCUT2D eigenvalue weighted by Gasteiger charge is -2.23. The number of aromatic nitrogens is 4. The van der Waals surface area contributed by atoms with Gasteiger partial charge in [0.25, 0.3) is 0 Å². The molecule has 0 aliphatic carbocycles. The number of nitrogens with one attached hydrogen (secondary N) is 2. The van der Waals surface area contributed by atoms with Crippen LogP contribution in [0.5, 0.6) is 0 Å². The summed E-state index contributed by atoms with van der Waals surface area (Å²) in [7, 11) is 0. The molecule has 0 radical (unpaired) electrons. The van der Waals surface area contributed by atoms with E-state index in [9.17, 15) is 9.59 Å². The number of amides is 2. The smallest absolute Gasteiger partial charge is 0.233 e. The molecule has 0 aliphatic rings. The Bertz CT molecular complexity index is 1300. The molecule has 1 heterocycles. The van der Waals surface area contributed by atoms with Crippen molar-refractivity contribution in [1.82, 2.24) is 30.8 Å². The fraction of sp³-hybridized carbons (Fsp3) is 0.250. The van der Waals surface area contributed by atoms with E-state index in [4.69, 9.17) is 0 Å². The topological polar surface area (TPSA) is 104 Å². The minimum absolute atomic E-state index is 0.0354. The predicted molar refractivity (Wildman–Crippen MR) is 147 cm³/mol. The van der Waals surface area contributed by atoms with Crippen LogP contribution in [0.15, 0.2) is 78.9 Å². The van der Waals surface area contributed by atoms with Gasteiger partial charge in [-0.05, 0) is 39.1 Å². The van der Waals surface area contributed by atoms with Gasteiger partial charge in [0.15, 0.2) is 5.82 Å². The van der Waals surface area contributed by atoms with Crippen LogP contribution in [0.2, 0.25) is 0 Å². The van der Waals surface area contributed by atoms with Crippen molar-refractivity contribution >= 4 is 24.4 Å². The standard InChI is InChI=1S/C28H30N6O2S/c1-2-26(35)34(17-16-29-28(36)25(37)18-20-8-4-3-5-9-20)19-21-12-14-22(15-13-21)23-10-6-7-11-24(23)27-30-32-33-31-27/h3-15,25,37H,2,16-19H2,1H3,(H,29,36)(H,30,31,32,33). The highest BCUT2D eigenvalue weighted by Gasteiger charge is 2.17. The van der Waals surface area contributed by atoms with Crippen LogP contribution in [0.4, 0.5) is 0 Å². The van der Waals surface area contributed by atoms with Gasteiger partial charge in [0, 0.05) is 31.6 Å². The van der Waals surface area contributed by atoms with Gasteiger partial charge in [-0.15, -0.1) is 5.10 Å². The summed E-state index contributed by atoms with van der Waals surface area (Å²) in [5.41, 5.74) is 5.01. The maximum Gasteiger partial charge on any atom is 0.233 e. The molecule has 4 rings (SSSR count). The molecule has 0 saturated carbocycles. The molecule has 0 fully saturated rings. The molecule has 1 unspecified atom stereocenters. The number of aromatic amines is 1. The molecular formula is C28H30N6O2S. The summed E-state index contributed by atoms with van der Waals surface area (Å²) in [5.74, 6) is 0.503. The van der Waals surface area contributed by atoms with Gasteiger partial charge in [-0.3, -0.25) is 9.59 Å². The SMILES string of the molecule is CCC(=O)N(CCNC(=O)C(S)Cc1ccccc1)Cc1ccc(-c2ccccc2-c2nnn[nH]2)cc1. The molecule has 9 heteroatoms. The summed E-state index contributed by atoms with van der Waals surface area (Å²) < 4.78 is 0. The lowest BCUT2D eigenvalue weighted by atomic mass is 9.98. The van der Waals surface area contributed by atoms with Crippen LogP contribution in [0.3, 0.4) is 0 Å². The number of thiol groups is 1. The third kappa shape index (κ3) is 7.04. The summed E-state index contributed by atoms with van der Waals surface area (Å²) >= 11 is 4.46. The first-order valence-corrected chi connectivity index (χ1v) is 12.8. The highest BCUT2D eigenvalue weighted by atomic mass is 32.1. The molecule has 2 amide bonds. The van der Waals surface area contributed by atoms with E-state index in [-0.39, 0.29) is 11.8 Å². The van der Waals surface area contributed by atoms with Crippen LogP contribution >= 0.6 is 12.6 Å². The Balaban J connectivity index is 1.36. The van der Waals surface area contributed by atoms with Crippen molar-refractivity contribution in [2.45, 2.75) is 31.6 Å². The summed E-state index contributed by atoms with van der Waals surface area (Å²) in [5, 5.41) is 16.7. The molecule has 3 aromatic carbocycles. The number of carbonyl (C=O) groups is 2. The molecule has 0 spiro atoms. The zero-order chi connectivity index (χ0) is 26.0. The Hall–Kier alpha value is -3.98. The van der Waals surface area contributed by atoms with Gasteiger partial charge in [-0.25, -0.2) is 5.10 Å². The first-order valence-electron chi connectivity index (χ1n) is 12.2. The third-order valence-corrected chi connectivity index (χ3v) is 6.49. The van der Waals surface area contributed by atoms with E-state index in [0.717, 1.165) is 27.8 Å². The third-order valence-electron chi connectivity index (χ3n) is 6.08. The summed E-state index contributed by atoms with van der Waals surface area (Å²) in [6.07, 6.45) is 0.948. The van der Waals surface area contributed by atoms with E-state index in [2.05, 4.69) is 38.6 Å². The normalized spacial score (nSPS) is 11.6. The van der Waals surface area contributed by atoms with E-state index >= 15 is 0 Å². The second kappa shape index (κ2) is 12.8. The molecule has 1 atom stereocenters. The van der Waals surface area contributed by atoms with Crippen LogP contribution in [0, 0.1) is 0 Å². The van der Waals surface area contributed by atoms with Gasteiger partial charge in [0.1, 0.15) is 0 Å². The molecule has 0 saturated heterocycles. The number of tetrazole rings is 1. The van der Waals surface area contributed by atoms with Crippen molar-refractivity contribution in [2.75, 3.05) is 13.1 Å². The lowest BCUT2D eigenvalue weighted by Crippen LogP contribution is -2.40. The van der Waals surface area contributed by atoms with Crippen molar-refractivity contribution < 1.29 is 9.59 Å². The highest BCUT2D eigenvalue weighted by Crippen LogP contribution is 2.29.